The van der Waals surface area contributed by atoms with E-state index in [1.165, 1.54) is 5.56 Å². The summed E-state index contributed by atoms with van der Waals surface area (Å²) in [4.78, 5) is 12.4. The van der Waals surface area contributed by atoms with Crippen molar-refractivity contribution in [3.05, 3.63) is 41.9 Å². The van der Waals surface area contributed by atoms with Gasteiger partial charge in [0.25, 0.3) is 0 Å². The number of aromatic amines is 1. The zero-order chi connectivity index (χ0) is 11.8. The van der Waals surface area contributed by atoms with Gasteiger partial charge in [-0.3, -0.25) is 4.99 Å². The highest BCUT2D eigenvalue weighted by Gasteiger charge is 2.14. The summed E-state index contributed by atoms with van der Waals surface area (Å²) in [6.07, 6.45) is 4.95. The third kappa shape index (κ3) is 1.88. The van der Waals surface area contributed by atoms with Gasteiger partial charge in [-0.25, -0.2) is 4.98 Å². The van der Waals surface area contributed by atoms with E-state index in [2.05, 4.69) is 47.0 Å². The number of nitrogens with zero attached hydrogens (tertiary/aromatic N) is 2. The zero-order valence-corrected chi connectivity index (χ0v) is 10.1. The highest BCUT2D eigenvalue weighted by molar-refractivity contribution is 6.00. The van der Waals surface area contributed by atoms with Gasteiger partial charge in [0, 0.05) is 6.20 Å². The van der Waals surface area contributed by atoms with Gasteiger partial charge in [0.15, 0.2) is 5.82 Å². The molecule has 3 rings (SSSR count). The van der Waals surface area contributed by atoms with E-state index in [0.717, 1.165) is 29.0 Å². The van der Waals surface area contributed by atoms with Crippen LogP contribution in [-0.2, 0) is 0 Å². The van der Waals surface area contributed by atoms with Gasteiger partial charge in [-0.15, -0.1) is 0 Å². The van der Waals surface area contributed by atoms with Gasteiger partial charge in [0.05, 0.1) is 16.7 Å². The number of rotatable bonds is 1. The van der Waals surface area contributed by atoms with Crippen LogP contribution in [-0.4, -0.2) is 15.7 Å². The second-order valence-corrected chi connectivity index (χ2v) is 4.70. The Morgan fingerprint density at radius 3 is 3.06 bits per heavy atom. The molecule has 0 saturated carbocycles. The van der Waals surface area contributed by atoms with Gasteiger partial charge in [-0.1, -0.05) is 19.1 Å². The summed E-state index contributed by atoms with van der Waals surface area (Å²) < 4.78 is 0. The van der Waals surface area contributed by atoms with Gasteiger partial charge in [-0.2, -0.15) is 0 Å². The van der Waals surface area contributed by atoms with Gasteiger partial charge < -0.3 is 4.98 Å². The van der Waals surface area contributed by atoms with Crippen molar-refractivity contribution in [1.29, 1.82) is 0 Å². The van der Waals surface area contributed by atoms with Crippen molar-refractivity contribution in [1.82, 2.24) is 9.97 Å². The molecule has 1 N–H and O–H groups in total. The van der Waals surface area contributed by atoms with E-state index in [1.54, 1.807) is 0 Å². The van der Waals surface area contributed by atoms with Crippen LogP contribution < -0.4 is 0 Å². The number of hydrogen-bond acceptors (Lipinski definition) is 2. The molecule has 1 aromatic heterocycles. The molecule has 2 aromatic rings. The maximum atomic E-state index is 4.59. The molecule has 0 radical (unpaired) electrons. The van der Waals surface area contributed by atoms with Crippen LogP contribution in [0.25, 0.3) is 11.0 Å². The maximum absolute atomic E-state index is 4.59. The number of allylic oxidation sites excluding steroid dienone is 1. The minimum atomic E-state index is 0.539. The van der Waals surface area contributed by atoms with Crippen LogP contribution in [0.2, 0.25) is 0 Å². The first-order chi connectivity index (χ1) is 8.22. The Balaban J connectivity index is 2.06. The third-order valence-corrected chi connectivity index (χ3v) is 3.07. The molecule has 1 atom stereocenters. The minimum absolute atomic E-state index is 0.539. The fourth-order valence-electron chi connectivity index (χ4n) is 2.12. The van der Waals surface area contributed by atoms with Crippen LogP contribution in [0.3, 0.4) is 0 Å². The van der Waals surface area contributed by atoms with Gasteiger partial charge in [0.1, 0.15) is 0 Å². The fraction of sp³-hybridized carbons (Fsp3) is 0.286. The molecule has 1 aliphatic rings. The Labute approximate surface area is 100 Å². The molecular weight excluding hydrogens is 210 g/mol. The van der Waals surface area contributed by atoms with E-state index in [-0.39, 0.29) is 0 Å². The first kappa shape index (κ1) is 10.3. The molecule has 1 aromatic carbocycles. The predicted octanol–water partition coefficient (Wildman–Crippen LogP) is 3.21. The van der Waals surface area contributed by atoms with E-state index in [4.69, 9.17) is 0 Å². The van der Waals surface area contributed by atoms with Crippen LogP contribution in [0.15, 0.2) is 35.5 Å². The molecule has 3 nitrogen and oxygen atoms in total. The van der Waals surface area contributed by atoms with Crippen molar-refractivity contribution in [2.24, 2.45) is 10.9 Å². The van der Waals surface area contributed by atoms with Crippen LogP contribution in [0.4, 0.5) is 0 Å². The van der Waals surface area contributed by atoms with Crippen molar-refractivity contribution >= 4 is 16.7 Å². The molecule has 0 saturated heterocycles. The number of aryl methyl sites for hydroxylation is 1. The topological polar surface area (TPSA) is 41.0 Å². The molecule has 2 heterocycles. The summed E-state index contributed by atoms with van der Waals surface area (Å²) in [5, 5.41) is 0. The Morgan fingerprint density at radius 1 is 1.35 bits per heavy atom. The Kier molecular flexibility index (Phi) is 2.32. The number of aliphatic imine (C=N–C) groups is 1. The van der Waals surface area contributed by atoms with E-state index in [9.17, 15) is 0 Å². The predicted molar refractivity (Wildman–Crippen MR) is 70.3 cm³/mol. The highest BCUT2D eigenvalue weighted by atomic mass is 14.9. The van der Waals surface area contributed by atoms with E-state index in [1.807, 2.05) is 12.3 Å². The number of benzene rings is 1. The Morgan fingerprint density at radius 2 is 2.24 bits per heavy atom. The quantitative estimate of drug-likeness (QED) is 0.795. The normalized spacial score (nSPS) is 19.6. The molecule has 1 aliphatic heterocycles. The largest absolute Gasteiger partial charge is 0.337 e. The number of imidazole rings is 1. The van der Waals surface area contributed by atoms with Gasteiger partial charge in [0.2, 0.25) is 0 Å². The van der Waals surface area contributed by atoms with Crippen molar-refractivity contribution in [2.45, 2.75) is 20.3 Å². The van der Waals surface area contributed by atoms with E-state index < -0.39 is 0 Å². The number of H-pyrrole nitrogens is 1. The van der Waals surface area contributed by atoms with Gasteiger partial charge in [-0.05, 0) is 37.0 Å². The smallest absolute Gasteiger partial charge is 0.152 e. The highest BCUT2D eigenvalue weighted by Crippen LogP contribution is 2.18. The maximum Gasteiger partial charge on any atom is 0.152 e. The first-order valence-corrected chi connectivity index (χ1v) is 5.92. The van der Waals surface area contributed by atoms with Crippen molar-refractivity contribution in [3.8, 4) is 0 Å². The molecule has 0 fully saturated rings. The Bertz CT molecular complexity index is 619. The standard InChI is InChI=1S/C14H15N3/c1-9-3-4-11-12(7-9)17-14(16-11)13-8-10(2)5-6-15-13/h3-7,10H,8H2,1-2H3,(H,16,17). The number of aromatic nitrogens is 2. The van der Waals surface area contributed by atoms with Crippen molar-refractivity contribution < 1.29 is 0 Å². The number of nitrogens with one attached hydrogen (secondary N) is 1. The SMILES string of the molecule is Cc1ccc2nc(C3=NC=CC(C)C3)[nH]c2c1. The summed E-state index contributed by atoms with van der Waals surface area (Å²) in [6.45, 7) is 4.28. The first-order valence-electron chi connectivity index (χ1n) is 5.92. The monoisotopic (exact) mass is 225 g/mol. The molecule has 3 heteroatoms. The average molecular weight is 225 g/mol. The molecule has 0 aliphatic carbocycles. The van der Waals surface area contributed by atoms with Crippen LogP contribution in [0.5, 0.6) is 0 Å². The fourth-order valence-corrected chi connectivity index (χ4v) is 2.12. The van der Waals surface area contributed by atoms with E-state index >= 15 is 0 Å². The lowest BCUT2D eigenvalue weighted by Crippen LogP contribution is -2.10. The van der Waals surface area contributed by atoms with Crippen LogP contribution in [0.1, 0.15) is 24.7 Å². The molecule has 0 amide bonds. The molecule has 86 valence electrons. The summed E-state index contributed by atoms with van der Waals surface area (Å²) in [5.74, 6) is 1.44. The van der Waals surface area contributed by atoms with Crippen LogP contribution >= 0.6 is 0 Å². The third-order valence-electron chi connectivity index (χ3n) is 3.07. The van der Waals surface area contributed by atoms with Crippen molar-refractivity contribution in [2.75, 3.05) is 0 Å². The summed E-state index contributed by atoms with van der Waals surface area (Å²) in [5.41, 5.74) is 4.39. The number of fused-ring (bicyclic) bond motifs is 1. The number of hydrogen-bond donors (Lipinski definition) is 1. The molecule has 1 unspecified atom stereocenters. The van der Waals surface area contributed by atoms with Crippen molar-refractivity contribution in [3.63, 3.8) is 0 Å². The molecule has 0 spiro atoms. The Hall–Kier alpha value is -1.90. The minimum Gasteiger partial charge on any atom is -0.337 e. The van der Waals surface area contributed by atoms with E-state index in [0.29, 0.717) is 5.92 Å². The molecular formula is C14H15N3. The van der Waals surface area contributed by atoms with Crippen LogP contribution in [0, 0.1) is 12.8 Å². The average Bonchev–Trinajstić information content (AvgIpc) is 2.72. The zero-order valence-electron chi connectivity index (χ0n) is 10.1. The lowest BCUT2D eigenvalue weighted by molar-refractivity contribution is 0.753. The summed E-state index contributed by atoms with van der Waals surface area (Å²) in [6, 6.07) is 6.25. The molecule has 0 bridgehead atoms. The molecule has 17 heavy (non-hydrogen) atoms. The second kappa shape index (κ2) is 3.84. The summed E-state index contributed by atoms with van der Waals surface area (Å²) >= 11 is 0. The van der Waals surface area contributed by atoms with Gasteiger partial charge >= 0.3 is 0 Å². The lowest BCUT2D eigenvalue weighted by atomic mass is 10.0. The lowest BCUT2D eigenvalue weighted by Gasteiger charge is -2.10. The second-order valence-electron chi connectivity index (χ2n) is 4.70. The summed E-state index contributed by atoms with van der Waals surface area (Å²) in [7, 11) is 0.